The molecule has 29 heavy (non-hydrogen) atoms. The standard InChI is InChI=1S/C22H25N5O2/c28-20(17-7-2-1-3-8-17)24-19-11-9-18(10-12-19)21-25-26-22(29-21)23-13-6-16-27-14-4-5-15-27/h1-3,7-12H,4-6,13-16H2,(H,23,26)(H,24,28). The lowest BCUT2D eigenvalue weighted by atomic mass is 10.2. The van der Waals surface area contributed by atoms with Crippen molar-refractivity contribution < 1.29 is 9.21 Å². The number of nitrogens with one attached hydrogen (secondary N) is 2. The zero-order valence-electron chi connectivity index (χ0n) is 16.3. The lowest BCUT2D eigenvalue weighted by Gasteiger charge is -2.13. The highest BCUT2D eigenvalue weighted by Crippen LogP contribution is 2.22. The molecular formula is C22H25N5O2. The van der Waals surface area contributed by atoms with E-state index in [1.54, 1.807) is 12.1 Å². The summed E-state index contributed by atoms with van der Waals surface area (Å²) in [7, 11) is 0. The van der Waals surface area contributed by atoms with E-state index in [2.05, 4.69) is 25.7 Å². The van der Waals surface area contributed by atoms with Crippen LogP contribution in [0.25, 0.3) is 11.5 Å². The van der Waals surface area contributed by atoms with Gasteiger partial charge in [-0.25, -0.2) is 0 Å². The average Bonchev–Trinajstić information content (AvgIpc) is 3.45. The highest BCUT2D eigenvalue weighted by atomic mass is 16.4. The fourth-order valence-corrected chi connectivity index (χ4v) is 3.40. The molecule has 0 atom stereocenters. The summed E-state index contributed by atoms with van der Waals surface area (Å²) < 4.78 is 5.70. The summed E-state index contributed by atoms with van der Waals surface area (Å²) in [5.41, 5.74) is 2.14. The van der Waals surface area contributed by atoms with E-state index in [0.29, 0.717) is 23.2 Å². The number of aromatic nitrogens is 2. The molecule has 1 fully saturated rings. The third kappa shape index (κ3) is 5.20. The number of rotatable bonds is 8. The monoisotopic (exact) mass is 391 g/mol. The Kier molecular flexibility index (Phi) is 6.16. The van der Waals surface area contributed by atoms with E-state index in [1.165, 1.54) is 25.9 Å². The van der Waals surface area contributed by atoms with Crippen LogP contribution >= 0.6 is 0 Å². The predicted molar refractivity (Wildman–Crippen MR) is 113 cm³/mol. The molecule has 0 aliphatic carbocycles. The summed E-state index contributed by atoms with van der Waals surface area (Å²) in [4.78, 5) is 14.7. The topological polar surface area (TPSA) is 83.3 Å². The van der Waals surface area contributed by atoms with Gasteiger partial charge in [-0.05, 0) is 75.3 Å². The molecule has 7 heteroatoms. The van der Waals surface area contributed by atoms with E-state index in [4.69, 9.17) is 4.42 Å². The minimum atomic E-state index is -0.142. The van der Waals surface area contributed by atoms with Crippen LogP contribution < -0.4 is 10.6 Å². The molecule has 0 radical (unpaired) electrons. The third-order valence-electron chi connectivity index (χ3n) is 4.98. The van der Waals surface area contributed by atoms with Crippen molar-refractivity contribution in [3.8, 4) is 11.5 Å². The van der Waals surface area contributed by atoms with Crippen molar-refractivity contribution in [3.63, 3.8) is 0 Å². The molecule has 0 unspecified atom stereocenters. The Bertz CT molecular complexity index is 918. The zero-order chi connectivity index (χ0) is 19.9. The number of carbonyl (C=O) groups excluding carboxylic acids is 1. The normalized spacial score (nSPS) is 14.1. The first-order valence-corrected chi connectivity index (χ1v) is 10.0. The molecule has 3 aromatic rings. The van der Waals surface area contributed by atoms with Gasteiger partial charge in [0.05, 0.1) is 0 Å². The molecule has 2 aromatic carbocycles. The van der Waals surface area contributed by atoms with E-state index in [0.717, 1.165) is 25.1 Å². The number of hydrogen-bond donors (Lipinski definition) is 2. The van der Waals surface area contributed by atoms with Crippen LogP contribution in [0.3, 0.4) is 0 Å². The van der Waals surface area contributed by atoms with Crippen molar-refractivity contribution in [2.24, 2.45) is 0 Å². The first-order chi connectivity index (χ1) is 14.3. The van der Waals surface area contributed by atoms with Gasteiger partial charge in [-0.15, -0.1) is 5.10 Å². The molecule has 0 saturated carbocycles. The zero-order valence-corrected chi connectivity index (χ0v) is 16.3. The summed E-state index contributed by atoms with van der Waals surface area (Å²) >= 11 is 0. The smallest absolute Gasteiger partial charge is 0.315 e. The van der Waals surface area contributed by atoms with Crippen molar-refractivity contribution in [1.29, 1.82) is 0 Å². The number of anilines is 2. The molecule has 150 valence electrons. The van der Waals surface area contributed by atoms with Crippen LogP contribution in [0, 0.1) is 0 Å². The quantitative estimate of drug-likeness (QED) is 0.567. The summed E-state index contributed by atoms with van der Waals surface area (Å²) in [6, 6.07) is 16.9. The van der Waals surface area contributed by atoms with Crippen molar-refractivity contribution in [1.82, 2.24) is 15.1 Å². The molecule has 7 nitrogen and oxygen atoms in total. The highest BCUT2D eigenvalue weighted by Gasteiger charge is 2.12. The van der Waals surface area contributed by atoms with E-state index in [9.17, 15) is 4.79 Å². The summed E-state index contributed by atoms with van der Waals surface area (Å²) in [6.07, 6.45) is 3.68. The van der Waals surface area contributed by atoms with Gasteiger partial charge in [0, 0.05) is 23.4 Å². The average molecular weight is 391 g/mol. The molecule has 2 N–H and O–H groups in total. The van der Waals surface area contributed by atoms with E-state index < -0.39 is 0 Å². The summed E-state index contributed by atoms with van der Waals surface area (Å²) in [5.74, 6) is 0.310. The largest absolute Gasteiger partial charge is 0.403 e. The van der Waals surface area contributed by atoms with Crippen molar-refractivity contribution in [2.75, 3.05) is 36.8 Å². The maximum Gasteiger partial charge on any atom is 0.315 e. The Morgan fingerprint density at radius 1 is 1.00 bits per heavy atom. The van der Waals surface area contributed by atoms with Gasteiger partial charge in [0.1, 0.15) is 0 Å². The highest BCUT2D eigenvalue weighted by molar-refractivity contribution is 6.04. The third-order valence-corrected chi connectivity index (χ3v) is 4.98. The summed E-state index contributed by atoms with van der Waals surface area (Å²) in [6.45, 7) is 4.34. The SMILES string of the molecule is O=C(Nc1ccc(-c2nnc(NCCCN3CCCC3)o2)cc1)c1ccccc1. The number of likely N-dealkylation sites (tertiary alicyclic amines) is 1. The van der Waals surface area contributed by atoms with Crippen molar-refractivity contribution in [3.05, 3.63) is 60.2 Å². The molecule has 0 bridgehead atoms. The van der Waals surface area contributed by atoms with Crippen LogP contribution in [0.1, 0.15) is 29.6 Å². The molecule has 1 saturated heterocycles. The van der Waals surface area contributed by atoms with E-state index in [-0.39, 0.29) is 5.91 Å². The van der Waals surface area contributed by atoms with Crippen molar-refractivity contribution >= 4 is 17.6 Å². The Morgan fingerprint density at radius 2 is 1.76 bits per heavy atom. The van der Waals surface area contributed by atoms with Crippen LogP contribution in [0.5, 0.6) is 0 Å². The van der Waals surface area contributed by atoms with Gasteiger partial charge < -0.3 is 20.0 Å². The van der Waals surface area contributed by atoms with E-state index in [1.807, 2.05) is 42.5 Å². The van der Waals surface area contributed by atoms with Crippen LogP contribution in [-0.4, -0.2) is 47.2 Å². The lowest BCUT2D eigenvalue weighted by molar-refractivity contribution is 0.102. The molecule has 1 aliphatic heterocycles. The fourth-order valence-electron chi connectivity index (χ4n) is 3.40. The minimum absolute atomic E-state index is 0.142. The van der Waals surface area contributed by atoms with Gasteiger partial charge in [-0.3, -0.25) is 4.79 Å². The van der Waals surface area contributed by atoms with Gasteiger partial charge in [0.25, 0.3) is 5.91 Å². The Hall–Kier alpha value is -3.19. The van der Waals surface area contributed by atoms with Crippen molar-refractivity contribution in [2.45, 2.75) is 19.3 Å². The van der Waals surface area contributed by atoms with Gasteiger partial charge >= 0.3 is 6.01 Å². The van der Waals surface area contributed by atoms with Gasteiger partial charge in [-0.2, -0.15) is 0 Å². The number of amides is 1. The Balaban J connectivity index is 1.28. The fraction of sp³-hybridized carbons (Fsp3) is 0.318. The van der Waals surface area contributed by atoms with E-state index >= 15 is 0 Å². The number of hydrogen-bond acceptors (Lipinski definition) is 6. The molecule has 0 spiro atoms. The first kappa shape index (κ1) is 19.1. The van der Waals surface area contributed by atoms with Gasteiger partial charge in [0.15, 0.2) is 0 Å². The van der Waals surface area contributed by atoms with Crippen LogP contribution in [-0.2, 0) is 0 Å². The molecule has 1 aliphatic rings. The van der Waals surface area contributed by atoms with Crippen LogP contribution in [0.2, 0.25) is 0 Å². The predicted octanol–water partition coefficient (Wildman–Crippen LogP) is 3.89. The Morgan fingerprint density at radius 3 is 2.52 bits per heavy atom. The molecular weight excluding hydrogens is 366 g/mol. The number of nitrogens with zero attached hydrogens (tertiary/aromatic N) is 3. The number of carbonyl (C=O) groups is 1. The second-order valence-electron chi connectivity index (χ2n) is 7.14. The molecule has 1 amide bonds. The first-order valence-electron chi connectivity index (χ1n) is 10.0. The maximum atomic E-state index is 12.2. The second-order valence-corrected chi connectivity index (χ2v) is 7.14. The molecule has 1 aromatic heterocycles. The van der Waals surface area contributed by atoms with Gasteiger partial charge in [-0.1, -0.05) is 23.3 Å². The van der Waals surface area contributed by atoms with Crippen LogP contribution in [0.4, 0.5) is 11.7 Å². The van der Waals surface area contributed by atoms with Crippen LogP contribution in [0.15, 0.2) is 59.0 Å². The minimum Gasteiger partial charge on any atom is -0.403 e. The summed E-state index contributed by atoms with van der Waals surface area (Å²) in [5, 5.41) is 14.2. The second kappa shape index (κ2) is 9.34. The molecule has 2 heterocycles. The maximum absolute atomic E-state index is 12.2. The van der Waals surface area contributed by atoms with Gasteiger partial charge in [0.2, 0.25) is 5.89 Å². The lowest BCUT2D eigenvalue weighted by Crippen LogP contribution is -2.22. The molecule has 4 rings (SSSR count). The number of benzene rings is 2. The Labute approximate surface area is 170 Å².